The van der Waals surface area contributed by atoms with Crippen LogP contribution in [0.5, 0.6) is 0 Å². The molecule has 4 nitrogen and oxygen atoms in total. The number of anilines is 2. The molecule has 3 N–H and O–H groups in total. The van der Waals surface area contributed by atoms with Gasteiger partial charge in [0.2, 0.25) is 5.91 Å². The number of amides is 1. The molecule has 1 aromatic rings. The van der Waals surface area contributed by atoms with Crippen LogP contribution in [0.15, 0.2) is 16.6 Å². The highest BCUT2D eigenvalue weighted by atomic mass is 79.9. The second kappa shape index (κ2) is 4.49. The predicted molar refractivity (Wildman–Crippen MR) is 80.3 cm³/mol. The highest BCUT2D eigenvalue weighted by Gasteiger charge is 2.33. The number of fused-ring (bicyclic) bond motifs is 1. The van der Waals surface area contributed by atoms with Gasteiger partial charge in [-0.05, 0) is 53.7 Å². The van der Waals surface area contributed by atoms with Gasteiger partial charge in [-0.2, -0.15) is 0 Å². The van der Waals surface area contributed by atoms with E-state index in [2.05, 4.69) is 40.1 Å². The Kier molecular flexibility index (Phi) is 3.06. The zero-order valence-electron chi connectivity index (χ0n) is 11.1. The molecule has 1 saturated carbocycles. The molecule has 0 aromatic heterocycles. The van der Waals surface area contributed by atoms with Crippen LogP contribution in [0.4, 0.5) is 11.4 Å². The highest BCUT2D eigenvalue weighted by Crippen LogP contribution is 2.41. The first-order chi connectivity index (χ1) is 8.99. The fraction of sp³-hybridized carbons (Fsp3) is 0.500. The van der Waals surface area contributed by atoms with Gasteiger partial charge in [-0.15, -0.1) is 0 Å². The topological polar surface area (TPSA) is 58.4 Å². The normalized spacial score (nSPS) is 22.9. The van der Waals surface area contributed by atoms with Crippen LogP contribution in [0.3, 0.4) is 0 Å². The highest BCUT2D eigenvalue weighted by molar-refractivity contribution is 9.10. The number of carbonyl (C=O) groups excluding carboxylic acids is 1. The van der Waals surface area contributed by atoms with Crippen molar-refractivity contribution in [3.05, 3.63) is 22.2 Å². The number of nitrogens with two attached hydrogens (primary N) is 1. The maximum absolute atomic E-state index is 11.6. The Balaban J connectivity index is 1.95. The van der Waals surface area contributed by atoms with E-state index in [0.29, 0.717) is 6.04 Å². The fourth-order valence-electron chi connectivity index (χ4n) is 2.68. The van der Waals surface area contributed by atoms with Crippen molar-refractivity contribution in [3.8, 4) is 0 Å². The molecular formula is C14H18BrN3O. The van der Waals surface area contributed by atoms with Gasteiger partial charge in [0.25, 0.3) is 0 Å². The molecule has 1 aliphatic heterocycles. The molecule has 3 rings (SSSR count). The molecule has 1 aromatic carbocycles. The SMILES string of the molecule is CC(C1CC1)N(C)c1cc2c(cc1Br)C(N)C(=O)N2. The first-order valence-corrected chi connectivity index (χ1v) is 7.41. The summed E-state index contributed by atoms with van der Waals surface area (Å²) in [5, 5.41) is 2.84. The van der Waals surface area contributed by atoms with Gasteiger partial charge in [0.15, 0.2) is 0 Å². The predicted octanol–water partition coefficient (Wildman–Crippen LogP) is 2.64. The van der Waals surface area contributed by atoms with Crippen LogP contribution in [0, 0.1) is 5.92 Å². The van der Waals surface area contributed by atoms with Gasteiger partial charge < -0.3 is 16.0 Å². The summed E-state index contributed by atoms with van der Waals surface area (Å²) < 4.78 is 0.994. The standard InChI is InChI=1S/C14H18BrN3O/c1-7(8-3-4-8)18(2)12-6-11-9(5-10(12)15)13(16)14(19)17-11/h5-8,13H,3-4,16H2,1-2H3,(H,17,19). The number of carbonyl (C=O) groups is 1. The minimum absolute atomic E-state index is 0.128. The first-order valence-electron chi connectivity index (χ1n) is 6.61. The quantitative estimate of drug-likeness (QED) is 0.899. The smallest absolute Gasteiger partial charge is 0.245 e. The Morgan fingerprint density at radius 3 is 2.79 bits per heavy atom. The summed E-state index contributed by atoms with van der Waals surface area (Å²) in [5.41, 5.74) is 8.67. The Morgan fingerprint density at radius 1 is 1.47 bits per heavy atom. The zero-order valence-corrected chi connectivity index (χ0v) is 12.7. The average molecular weight is 324 g/mol. The van der Waals surface area contributed by atoms with Crippen molar-refractivity contribution < 1.29 is 4.79 Å². The molecule has 1 heterocycles. The van der Waals surface area contributed by atoms with Crippen LogP contribution in [-0.4, -0.2) is 19.0 Å². The lowest BCUT2D eigenvalue weighted by molar-refractivity contribution is -0.116. The largest absolute Gasteiger partial charge is 0.371 e. The van der Waals surface area contributed by atoms with Crippen LogP contribution >= 0.6 is 15.9 Å². The summed E-state index contributed by atoms with van der Waals surface area (Å²) in [6.45, 7) is 2.25. The lowest BCUT2D eigenvalue weighted by Gasteiger charge is -2.28. The monoisotopic (exact) mass is 323 g/mol. The first kappa shape index (κ1) is 12.9. The second-order valence-electron chi connectivity index (χ2n) is 5.55. The summed E-state index contributed by atoms with van der Waals surface area (Å²) in [6, 6.07) is 3.94. The summed E-state index contributed by atoms with van der Waals surface area (Å²) in [6.07, 6.45) is 2.63. The van der Waals surface area contributed by atoms with Gasteiger partial charge in [-0.1, -0.05) is 0 Å². The summed E-state index contributed by atoms with van der Waals surface area (Å²) >= 11 is 3.60. The molecule has 0 radical (unpaired) electrons. The summed E-state index contributed by atoms with van der Waals surface area (Å²) in [7, 11) is 2.10. The molecule has 102 valence electrons. The van der Waals surface area contributed by atoms with E-state index in [1.54, 1.807) is 0 Å². The van der Waals surface area contributed by atoms with Crippen LogP contribution in [0.2, 0.25) is 0 Å². The molecular weight excluding hydrogens is 306 g/mol. The third-order valence-corrected chi connectivity index (χ3v) is 4.92. The van der Waals surface area contributed by atoms with E-state index in [1.807, 2.05) is 12.1 Å². The maximum Gasteiger partial charge on any atom is 0.245 e. The van der Waals surface area contributed by atoms with Gasteiger partial charge in [0, 0.05) is 28.8 Å². The molecule has 2 aliphatic rings. The van der Waals surface area contributed by atoms with Crippen molar-refractivity contribution in [2.75, 3.05) is 17.3 Å². The van der Waals surface area contributed by atoms with E-state index >= 15 is 0 Å². The maximum atomic E-state index is 11.6. The number of nitrogens with zero attached hydrogens (tertiary/aromatic N) is 1. The van der Waals surface area contributed by atoms with Gasteiger partial charge in [-0.25, -0.2) is 0 Å². The van der Waals surface area contributed by atoms with Crippen LogP contribution in [0.25, 0.3) is 0 Å². The fourth-order valence-corrected chi connectivity index (χ4v) is 3.32. The number of benzene rings is 1. The van der Waals surface area contributed by atoms with Gasteiger partial charge in [0.05, 0.1) is 5.69 Å². The molecule has 0 spiro atoms. The summed E-state index contributed by atoms with van der Waals surface area (Å²) in [5.74, 6) is 0.666. The van der Waals surface area contributed by atoms with Crippen LogP contribution in [-0.2, 0) is 4.79 Å². The Hall–Kier alpha value is -1.07. The van der Waals surface area contributed by atoms with Crippen molar-refractivity contribution in [1.82, 2.24) is 0 Å². The molecule has 2 atom stereocenters. The Morgan fingerprint density at radius 2 is 2.16 bits per heavy atom. The van der Waals surface area contributed by atoms with Crippen molar-refractivity contribution in [2.24, 2.45) is 11.7 Å². The third kappa shape index (κ3) is 2.15. The number of rotatable bonds is 3. The minimum Gasteiger partial charge on any atom is -0.371 e. The molecule has 5 heteroatoms. The van der Waals surface area contributed by atoms with Crippen LogP contribution in [0.1, 0.15) is 31.4 Å². The number of nitrogens with one attached hydrogen (secondary N) is 1. The van der Waals surface area contributed by atoms with E-state index in [0.717, 1.165) is 27.3 Å². The van der Waals surface area contributed by atoms with E-state index in [1.165, 1.54) is 12.8 Å². The van der Waals surface area contributed by atoms with E-state index in [-0.39, 0.29) is 5.91 Å². The second-order valence-corrected chi connectivity index (χ2v) is 6.40. The zero-order chi connectivity index (χ0) is 13.7. The van der Waals surface area contributed by atoms with Crippen molar-refractivity contribution in [1.29, 1.82) is 0 Å². The Bertz CT molecular complexity index is 542. The van der Waals surface area contributed by atoms with E-state index in [4.69, 9.17) is 5.73 Å². The van der Waals surface area contributed by atoms with Crippen molar-refractivity contribution in [2.45, 2.75) is 31.8 Å². The molecule has 2 unspecified atom stereocenters. The Labute approximate surface area is 121 Å². The van der Waals surface area contributed by atoms with Crippen LogP contribution < -0.4 is 16.0 Å². The summed E-state index contributed by atoms with van der Waals surface area (Å²) in [4.78, 5) is 13.9. The van der Waals surface area contributed by atoms with Gasteiger partial charge in [-0.3, -0.25) is 4.79 Å². The molecule has 0 bridgehead atoms. The number of halogens is 1. The third-order valence-electron chi connectivity index (χ3n) is 4.29. The van der Waals surface area contributed by atoms with E-state index in [9.17, 15) is 4.79 Å². The molecule has 1 aliphatic carbocycles. The average Bonchev–Trinajstić information content (AvgIpc) is 3.18. The number of hydrogen-bond donors (Lipinski definition) is 2. The minimum atomic E-state index is -0.550. The molecule has 1 amide bonds. The van der Waals surface area contributed by atoms with Gasteiger partial charge >= 0.3 is 0 Å². The molecule has 1 fully saturated rings. The molecule has 19 heavy (non-hydrogen) atoms. The van der Waals surface area contributed by atoms with Crippen molar-refractivity contribution >= 4 is 33.2 Å². The molecule has 0 saturated heterocycles. The van der Waals surface area contributed by atoms with Gasteiger partial charge in [0.1, 0.15) is 6.04 Å². The number of hydrogen-bond acceptors (Lipinski definition) is 3. The van der Waals surface area contributed by atoms with E-state index < -0.39 is 6.04 Å². The lowest BCUT2D eigenvalue weighted by Crippen LogP contribution is -2.30. The van der Waals surface area contributed by atoms with Crippen molar-refractivity contribution in [3.63, 3.8) is 0 Å². The lowest BCUT2D eigenvalue weighted by atomic mass is 10.1.